The van der Waals surface area contributed by atoms with Crippen molar-refractivity contribution < 1.29 is 4.39 Å². The Balaban J connectivity index is 2.20. The number of nitrogens with one attached hydrogen (secondary N) is 1. The zero-order chi connectivity index (χ0) is 11.4. The van der Waals surface area contributed by atoms with Gasteiger partial charge in [0.15, 0.2) is 0 Å². The van der Waals surface area contributed by atoms with Crippen LogP contribution in [-0.4, -0.2) is 0 Å². The van der Waals surface area contributed by atoms with Crippen molar-refractivity contribution in [1.82, 2.24) is 5.43 Å². The molecule has 2 aromatic rings. The molecule has 0 amide bonds. The zero-order valence-electron chi connectivity index (χ0n) is 8.69. The number of halogens is 1. The molecule has 2 nitrogen and oxygen atoms in total. The summed E-state index contributed by atoms with van der Waals surface area (Å²) in [5.41, 5.74) is 4.43. The van der Waals surface area contributed by atoms with E-state index in [9.17, 15) is 4.39 Å². The Hall–Kier alpha value is -1.23. The maximum Gasteiger partial charge on any atom is 0.128 e. The number of hydrogen-bond acceptors (Lipinski definition) is 3. The van der Waals surface area contributed by atoms with Crippen molar-refractivity contribution in [1.29, 1.82) is 0 Å². The molecule has 0 saturated heterocycles. The third-order valence-electron chi connectivity index (χ3n) is 2.50. The lowest BCUT2D eigenvalue weighted by molar-refractivity contribution is 0.511. The molecular weight excluding hydrogens is 223 g/mol. The van der Waals surface area contributed by atoms with Crippen molar-refractivity contribution in [2.45, 2.75) is 12.5 Å². The maximum atomic E-state index is 13.6. The third kappa shape index (κ3) is 2.47. The Morgan fingerprint density at radius 2 is 2.12 bits per heavy atom. The smallest absolute Gasteiger partial charge is 0.128 e. The first-order valence-corrected chi connectivity index (χ1v) is 5.97. The van der Waals surface area contributed by atoms with Crippen LogP contribution in [0.5, 0.6) is 0 Å². The van der Waals surface area contributed by atoms with Gasteiger partial charge in [0.05, 0.1) is 6.04 Å². The molecule has 0 bridgehead atoms. The molecule has 3 N–H and O–H groups in total. The van der Waals surface area contributed by atoms with Crippen molar-refractivity contribution in [2.75, 3.05) is 0 Å². The molecule has 0 fully saturated rings. The maximum absolute atomic E-state index is 13.6. The van der Waals surface area contributed by atoms with Crippen LogP contribution in [0.25, 0.3) is 0 Å². The molecule has 0 saturated carbocycles. The van der Waals surface area contributed by atoms with Crippen LogP contribution < -0.4 is 11.3 Å². The van der Waals surface area contributed by atoms with Crippen LogP contribution >= 0.6 is 11.3 Å². The Bertz CT molecular complexity index is 442. The number of hydrazine groups is 1. The SMILES string of the molecule is NNC(Cc1ccsc1)c1ccccc1F. The van der Waals surface area contributed by atoms with Crippen molar-refractivity contribution in [2.24, 2.45) is 5.84 Å². The van der Waals surface area contributed by atoms with Crippen LogP contribution in [0.3, 0.4) is 0 Å². The summed E-state index contributed by atoms with van der Waals surface area (Å²) < 4.78 is 13.6. The Morgan fingerprint density at radius 3 is 2.75 bits per heavy atom. The average molecular weight is 236 g/mol. The number of hydrogen-bond donors (Lipinski definition) is 2. The molecule has 2 rings (SSSR count). The van der Waals surface area contributed by atoms with E-state index in [0.717, 1.165) is 5.56 Å². The minimum atomic E-state index is -0.222. The molecule has 84 valence electrons. The quantitative estimate of drug-likeness (QED) is 0.632. The van der Waals surface area contributed by atoms with E-state index in [1.165, 1.54) is 6.07 Å². The van der Waals surface area contributed by atoms with E-state index in [1.54, 1.807) is 23.5 Å². The van der Waals surface area contributed by atoms with Gasteiger partial charge in [0.1, 0.15) is 5.82 Å². The molecule has 1 heterocycles. The van der Waals surface area contributed by atoms with E-state index in [-0.39, 0.29) is 11.9 Å². The molecule has 0 radical (unpaired) electrons. The van der Waals surface area contributed by atoms with E-state index in [2.05, 4.69) is 5.43 Å². The molecule has 4 heteroatoms. The van der Waals surface area contributed by atoms with Crippen LogP contribution in [0, 0.1) is 5.82 Å². The van der Waals surface area contributed by atoms with Gasteiger partial charge in [-0.1, -0.05) is 18.2 Å². The summed E-state index contributed by atoms with van der Waals surface area (Å²) in [4.78, 5) is 0. The second-order valence-corrected chi connectivity index (χ2v) is 4.36. The van der Waals surface area contributed by atoms with Crippen LogP contribution in [-0.2, 0) is 6.42 Å². The van der Waals surface area contributed by atoms with Gasteiger partial charge in [0.25, 0.3) is 0 Å². The standard InChI is InChI=1S/C12H13FN2S/c13-11-4-2-1-3-10(11)12(15-14)7-9-5-6-16-8-9/h1-6,8,12,15H,7,14H2. The molecule has 1 aromatic carbocycles. The number of benzene rings is 1. The lowest BCUT2D eigenvalue weighted by Gasteiger charge is -2.16. The fraction of sp³-hybridized carbons (Fsp3) is 0.167. The lowest BCUT2D eigenvalue weighted by atomic mass is 10.0. The topological polar surface area (TPSA) is 38.0 Å². The summed E-state index contributed by atoms with van der Waals surface area (Å²) in [5, 5.41) is 4.05. The van der Waals surface area contributed by atoms with Crippen LogP contribution in [0.15, 0.2) is 41.1 Å². The van der Waals surface area contributed by atoms with Crippen molar-refractivity contribution in [3.63, 3.8) is 0 Å². The third-order valence-corrected chi connectivity index (χ3v) is 3.23. The number of nitrogens with two attached hydrogens (primary N) is 1. The van der Waals surface area contributed by atoms with Crippen molar-refractivity contribution in [3.8, 4) is 0 Å². The fourth-order valence-electron chi connectivity index (χ4n) is 1.66. The summed E-state index contributed by atoms with van der Waals surface area (Å²) in [6.07, 6.45) is 0.695. The fourth-order valence-corrected chi connectivity index (χ4v) is 2.34. The highest BCUT2D eigenvalue weighted by Crippen LogP contribution is 2.21. The second kappa shape index (κ2) is 5.21. The summed E-state index contributed by atoms with van der Waals surface area (Å²) in [6.45, 7) is 0. The lowest BCUT2D eigenvalue weighted by Crippen LogP contribution is -2.30. The van der Waals surface area contributed by atoms with Crippen molar-refractivity contribution >= 4 is 11.3 Å². The molecule has 0 aliphatic rings. The van der Waals surface area contributed by atoms with E-state index in [4.69, 9.17) is 5.84 Å². The molecule has 1 atom stereocenters. The monoisotopic (exact) mass is 236 g/mol. The Labute approximate surface area is 97.9 Å². The van der Waals surface area contributed by atoms with Gasteiger partial charge in [-0.15, -0.1) is 0 Å². The van der Waals surface area contributed by atoms with E-state index in [0.29, 0.717) is 12.0 Å². The highest BCUT2D eigenvalue weighted by atomic mass is 32.1. The Morgan fingerprint density at radius 1 is 1.31 bits per heavy atom. The predicted molar refractivity (Wildman–Crippen MR) is 64.5 cm³/mol. The molecular formula is C12H13FN2S. The Kier molecular flexibility index (Phi) is 3.66. The van der Waals surface area contributed by atoms with Gasteiger partial charge in [0.2, 0.25) is 0 Å². The van der Waals surface area contributed by atoms with Crippen LogP contribution in [0.4, 0.5) is 4.39 Å². The minimum Gasteiger partial charge on any atom is -0.271 e. The second-order valence-electron chi connectivity index (χ2n) is 3.58. The average Bonchev–Trinajstić information content (AvgIpc) is 2.80. The molecule has 1 unspecified atom stereocenters. The van der Waals surface area contributed by atoms with Gasteiger partial charge in [-0.3, -0.25) is 11.3 Å². The molecule has 0 aliphatic heterocycles. The number of thiophene rings is 1. The summed E-state index contributed by atoms with van der Waals surface area (Å²) in [5.74, 6) is 5.26. The summed E-state index contributed by atoms with van der Waals surface area (Å²) >= 11 is 1.63. The van der Waals surface area contributed by atoms with E-state index in [1.807, 2.05) is 22.9 Å². The highest BCUT2D eigenvalue weighted by molar-refractivity contribution is 7.07. The van der Waals surface area contributed by atoms with Crippen LogP contribution in [0.1, 0.15) is 17.2 Å². The first-order chi connectivity index (χ1) is 7.81. The zero-order valence-corrected chi connectivity index (χ0v) is 9.51. The van der Waals surface area contributed by atoms with Gasteiger partial charge in [-0.2, -0.15) is 11.3 Å². The molecule has 16 heavy (non-hydrogen) atoms. The van der Waals surface area contributed by atoms with Gasteiger partial charge < -0.3 is 0 Å². The molecule has 0 spiro atoms. The van der Waals surface area contributed by atoms with Gasteiger partial charge in [-0.05, 0) is 34.9 Å². The van der Waals surface area contributed by atoms with Gasteiger partial charge in [0, 0.05) is 5.56 Å². The number of rotatable bonds is 4. The van der Waals surface area contributed by atoms with E-state index < -0.39 is 0 Å². The highest BCUT2D eigenvalue weighted by Gasteiger charge is 2.14. The normalized spacial score (nSPS) is 12.6. The largest absolute Gasteiger partial charge is 0.271 e. The first kappa shape index (κ1) is 11.3. The van der Waals surface area contributed by atoms with Gasteiger partial charge in [-0.25, -0.2) is 4.39 Å². The van der Waals surface area contributed by atoms with E-state index >= 15 is 0 Å². The van der Waals surface area contributed by atoms with Gasteiger partial charge >= 0.3 is 0 Å². The summed E-state index contributed by atoms with van der Waals surface area (Å²) in [7, 11) is 0. The summed E-state index contributed by atoms with van der Waals surface area (Å²) in [6, 6.07) is 8.54. The predicted octanol–water partition coefficient (Wildman–Crippen LogP) is 2.63. The minimum absolute atomic E-state index is 0.184. The first-order valence-electron chi connectivity index (χ1n) is 5.03. The van der Waals surface area contributed by atoms with Crippen LogP contribution in [0.2, 0.25) is 0 Å². The molecule has 0 aliphatic carbocycles. The molecule has 1 aromatic heterocycles. The van der Waals surface area contributed by atoms with Crippen molar-refractivity contribution in [3.05, 3.63) is 58.0 Å².